The fourth-order valence-corrected chi connectivity index (χ4v) is 3.39. The molecular formula is C17H34N4O3. The molecule has 0 aromatic carbocycles. The van der Waals surface area contributed by atoms with E-state index < -0.39 is 6.10 Å². The van der Waals surface area contributed by atoms with Gasteiger partial charge in [0.15, 0.2) is 0 Å². The molecule has 2 atom stereocenters. The Morgan fingerprint density at radius 2 is 1.71 bits per heavy atom. The average Bonchev–Trinajstić information content (AvgIpc) is 2.60. The highest BCUT2D eigenvalue weighted by molar-refractivity contribution is 5.81. The summed E-state index contributed by atoms with van der Waals surface area (Å²) >= 11 is 0. The van der Waals surface area contributed by atoms with Crippen LogP contribution in [-0.4, -0.2) is 122 Å². The Balaban J connectivity index is 1.72. The molecule has 24 heavy (non-hydrogen) atoms. The minimum absolute atomic E-state index is 0.0335. The molecule has 2 aliphatic heterocycles. The van der Waals surface area contributed by atoms with E-state index in [-0.39, 0.29) is 11.9 Å². The standard InChI is InChI=1S/C17H34N4O3/c1-4-24-14-16(22)13-19-7-11-21(12-8-19)17(23)15(2)20-9-5-18(3)6-10-20/h15-16,22H,4-14H2,1-3H3/t15-,16-/m0/s1. The number of hydrogen-bond acceptors (Lipinski definition) is 6. The van der Waals surface area contributed by atoms with Crippen LogP contribution < -0.4 is 0 Å². The summed E-state index contributed by atoms with van der Waals surface area (Å²) in [4.78, 5) is 21.5. The zero-order valence-electron chi connectivity index (χ0n) is 15.5. The van der Waals surface area contributed by atoms with E-state index in [4.69, 9.17) is 4.74 Å². The van der Waals surface area contributed by atoms with E-state index in [0.29, 0.717) is 19.8 Å². The Bertz CT molecular complexity index is 380. The molecule has 7 heteroatoms. The fraction of sp³-hybridized carbons (Fsp3) is 0.941. The van der Waals surface area contributed by atoms with Crippen molar-refractivity contribution in [3.05, 3.63) is 0 Å². The van der Waals surface area contributed by atoms with Crippen molar-refractivity contribution >= 4 is 5.91 Å². The number of aliphatic hydroxyl groups excluding tert-OH is 1. The lowest BCUT2D eigenvalue weighted by Gasteiger charge is -2.40. The third-order valence-corrected chi connectivity index (χ3v) is 5.11. The number of carbonyl (C=O) groups is 1. The summed E-state index contributed by atoms with van der Waals surface area (Å²) in [5.41, 5.74) is 0. The largest absolute Gasteiger partial charge is 0.389 e. The number of aliphatic hydroxyl groups is 1. The number of amides is 1. The third-order valence-electron chi connectivity index (χ3n) is 5.11. The molecular weight excluding hydrogens is 308 g/mol. The lowest BCUT2D eigenvalue weighted by atomic mass is 10.2. The van der Waals surface area contributed by atoms with E-state index in [9.17, 15) is 9.90 Å². The first-order chi connectivity index (χ1) is 11.5. The summed E-state index contributed by atoms with van der Waals surface area (Å²) in [6.07, 6.45) is -0.448. The summed E-state index contributed by atoms with van der Waals surface area (Å²) in [6.45, 7) is 12.7. The van der Waals surface area contributed by atoms with Crippen molar-refractivity contribution in [2.24, 2.45) is 0 Å². The second-order valence-electron chi connectivity index (χ2n) is 6.95. The number of likely N-dealkylation sites (N-methyl/N-ethyl adjacent to an activating group) is 1. The molecule has 7 nitrogen and oxygen atoms in total. The molecule has 2 saturated heterocycles. The maximum absolute atomic E-state index is 12.7. The molecule has 0 aliphatic carbocycles. The molecule has 0 aromatic heterocycles. The predicted octanol–water partition coefficient (Wildman–Crippen LogP) is -0.836. The quantitative estimate of drug-likeness (QED) is 0.651. The van der Waals surface area contributed by atoms with Crippen molar-refractivity contribution < 1.29 is 14.6 Å². The number of rotatable bonds is 7. The maximum Gasteiger partial charge on any atom is 0.239 e. The van der Waals surface area contributed by atoms with Crippen LogP contribution in [0.1, 0.15) is 13.8 Å². The molecule has 0 radical (unpaired) electrons. The topological polar surface area (TPSA) is 59.5 Å². The average molecular weight is 342 g/mol. The van der Waals surface area contributed by atoms with Crippen LogP contribution >= 0.6 is 0 Å². The van der Waals surface area contributed by atoms with Crippen LogP contribution in [0.15, 0.2) is 0 Å². The Morgan fingerprint density at radius 1 is 1.08 bits per heavy atom. The smallest absolute Gasteiger partial charge is 0.239 e. The summed E-state index contributed by atoms with van der Waals surface area (Å²) in [5, 5.41) is 9.93. The first kappa shape index (κ1) is 19.6. The van der Waals surface area contributed by atoms with Crippen molar-refractivity contribution in [2.75, 3.05) is 79.2 Å². The van der Waals surface area contributed by atoms with Gasteiger partial charge in [0, 0.05) is 65.5 Å². The van der Waals surface area contributed by atoms with Gasteiger partial charge in [-0.3, -0.25) is 14.6 Å². The van der Waals surface area contributed by atoms with Crippen molar-refractivity contribution in [3.63, 3.8) is 0 Å². The van der Waals surface area contributed by atoms with Crippen LogP contribution in [0.2, 0.25) is 0 Å². The minimum atomic E-state index is -0.448. The van der Waals surface area contributed by atoms with Gasteiger partial charge in [0.1, 0.15) is 0 Å². The second-order valence-corrected chi connectivity index (χ2v) is 6.95. The van der Waals surface area contributed by atoms with Gasteiger partial charge in [-0.1, -0.05) is 0 Å². The molecule has 0 spiro atoms. The molecule has 2 aliphatic rings. The zero-order chi connectivity index (χ0) is 17.5. The summed E-state index contributed by atoms with van der Waals surface area (Å²) in [5.74, 6) is 0.245. The van der Waals surface area contributed by atoms with Crippen molar-refractivity contribution in [1.29, 1.82) is 0 Å². The molecule has 0 unspecified atom stereocenters. The van der Waals surface area contributed by atoms with Crippen LogP contribution in [0.3, 0.4) is 0 Å². The molecule has 0 saturated carbocycles. The molecule has 1 N–H and O–H groups in total. The molecule has 140 valence electrons. The number of carbonyl (C=O) groups excluding carboxylic acids is 1. The first-order valence-electron chi connectivity index (χ1n) is 9.20. The highest BCUT2D eigenvalue weighted by Gasteiger charge is 2.30. The second kappa shape index (κ2) is 9.68. The van der Waals surface area contributed by atoms with Crippen LogP contribution in [0.4, 0.5) is 0 Å². The molecule has 2 rings (SSSR count). The van der Waals surface area contributed by atoms with Gasteiger partial charge >= 0.3 is 0 Å². The summed E-state index contributed by atoms with van der Waals surface area (Å²) in [7, 11) is 2.13. The normalized spacial score (nSPS) is 24.1. The molecule has 0 aromatic rings. The number of β-amino-alcohol motifs (C(OH)–C–C–N with tert-alkyl or cyclic N) is 1. The Labute approximate surface area is 146 Å². The van der Waals surface area contributed by atoms with Gasteiger partial charge in [-0.25, -0.2) is 0 Å². The van der Waals surface area contributed by atoms with Gasteiger partial charge < -0.3 is 19.6 Å². The van der Waals surface area contributed by atoms with Gasteiger partial charge in [0.05, 0.1) is 18.8 Å². The van der Waals surface area contributed by atoms with Gasteiger partial charge in [-0.2, -0.15) is 0 Å². The Morgan fingerprint density at radius 3 is 2.29 bits per heavy atom. The monoisotopic (exact) mass is 342 g/mol. The van der Waals surface area contributed by atoms with Crippen LogP contribution in [0.25, 0.3) is 0 Å². The van der Waals surface area contributed by atoms with E-state index in [0.717, 1.165) is 52.4 Å². The molecule has 2 fully saturated rings. The number of piperazine rings is 2. The van der Waals surface area contributed by atoms with Gasteiger partial charge in [-0.15, -0.1) is 0 Å². The van der Waals surface area contributed by atoms with Gasteiger partial charge in [0.2, 0.25) is 5.91 Å². The zero-order valence-corrected chi connectivity index (χ0v) is 15.5. The van der Waals surface area contributed by atoms with Gasteiger partial charge in [-0.05, 0) is 20.9 Å². The number of ether oxygens (including phenoxy) is 1. The number of nitrogens with zero attached hydrogens (tertiary/aromatic N) is 4. The molecule has 1 amide bonds. The lowest BCUT2D eigenvalue weighted by Crippen LogP contribution is -2.57. The fourth-order valence-electron chi connectivity index (χ4n) is 3.39. The van der Waals surface area contributed by atoms with E-state index in [1.165, 1.54) is 0 Å². The van der Waals surface area contributed by atoms with E-state index >= 15 is 0 Å². The van der Waals surface area contributed by atoms with Crippen LogP contribution in [-0.2, 0) is 9.53 Å². The molecule has 2 heterocycles. The highest BCUT2D eigenvalue weighted by atomic mass is 16.5. The van der Waals surface area contributed by atoms with E-state index in [1.54, 1.807) is 0 Å². The van der Waals surface area contributed by atoms with Crippen molar-refractivity contribution in [3.8, 4) is 0 Å². The van der Waals surface area contributed by atoms with E-state index in [2.05, 4.69) is 21.7 Å². The lowest BCUT2D eigenvalue weighted by molar-refractivity contribution is -0.139. The molecule has 0 bridgehead atoms. The maximum atomic E-state index is 12.7. The predicted molar refractivity (Wildman–Crippen MR) is 94.1 cm³/mol. The van der Waals surface area contributed by atoms with Gasteiger partial charge in [0.25, 0.3) is 0 Å². The van der Waals surface area contributed by atoms with E-state index in [1.807, 2.05) is 18.7 Å². The SMILES string of the molecule is CCOC[C@@H](O)CN1CCN(C(=O)[C@H](C)N2CCN(C)CC2)CC1. The minimum Gasteiger partial charge on any atom is -0.389 e. The van der Waals surface area contributed by atoms with Crippen molar-refractivity contribution in [1.82, 2.24) is 19.6 Å². The third kappa shape index (κ3) is 5.67. The Kier molecular flexibility index (Phi) is 7.90. The first-order valence-corrected chi connectivity index (χ1v) is 9.20. The number of hydrogen-bond donors (Lipinski definition) is 1. The van der Waals surface area contributed by atoms with Crippen LogP contribution in [0, 0.1) is 0 Å². The van der Waals surface area contributed by atoms with Crippen molar-refractivity contribution in [2.45, 2.75) is 26.0 Å². The summed E-state index contributed by atoms with van der Waals surface area (Å²) in [6, 6.07) is -0.0335. The highest BCUT2D eigenvalue weighted by Crippen LogP contribution is 2.11. The Hall–Kier alpha value is -0.730. The summed E-state index contributed by atoms with van der Waals surface area (Å²) < 4.78 is 5.25. The van der Waals surface area contributed by atoms with Crippen LogP contribution in [0.5, 0.6) is 0 Å².